The highest BCUT2D eigenvalue weighted by Gasteiger charge is 2.54. The fourth-order valence-corrected chi connectivity index (χ4v) is 7.13. The number of alkyl carbamates (subject to hydrolysis) is 2. The van der Waals surface area contributed by atoms with Crippen LogP contribution in [-0.4, -0.2) is 113 Å². The Kier molecular flexibility index (Phi) is 16.5. The molecule has 0 spiro atoms. The number of nitrogens with one attached hydrogen (secondary N) is 2. The first-order chi connectivity index (χ1) is 30.1. The van der Waals surface area contributed by atoms with E-state index in [-0.39, 0.29) is 39.4 Å². The quantitative estimate of drug-likeness (QED) is 0.0446. The van der Waals surface area contributed by atoms with Gasteiger partial charge in [-0.15, -0.1) is 0 Å². The van der Waals surface area contributed by atoms with Gasteiger partial charge in [0.25, 0.3) is 0 Å². The normalized spacial score (nSPS) is 25.6. The summed E-state index contributed by atoms with van der Waals surface area (Å²) in [4.78, 5) is 43.7. The molecule has 62 heavy (non-hydrogen) atoms. The summed E-state index contributed by atoms with van der Waals surface area (Å²) in [7, 11) is 1.51. The molecule has 10 atom stereocenters. The number of carbonyl (C=O) groups is 3. The maximum atomic E-state index is 13.3. The third kappa shape index (κ3) is 12.7. The van der Waals surface area contributed by atoms with E-state index in [1.807, 2.05) is 60.7 Å². The first-order valence-electron chi connectivity index (χ1n) is 20.0. The van der Waals surface area contributed by atoms with Crippen LogP contribution in [-0.2, 0) is 54.8 Å². The Bertz CT molecular complexity index is 2070. The lowest BCUT2D eigenvalue weighted by Gasteiger charge is -2.48. The second-order valence-electron chi connectivity index (χ2n) is 14.8. The third-order valence-electron chi connectivity index (χ3n) is 10.4. The van der Waals surface area contributed by atoms with Gasteiger partial charge in [-0.05, 0) is 34.2 Å². The van der Waals surface area contributed by atoms with Crippen molar-refractivity contribution in [2.24, 2.45) is 5.11 Å². The number of aliphatic hydroxyl groups is 3. The van der Waals surface area contributed by atoms with Crippen LogP contribution in [0, 0.1) is 0 Å². The Morgan fingerprint density at radius 1 is 0.694 bits per heavy atom. The summed E-state index contributed by atoms with van der Waals surface area (Å²) in [5.41, 5.74) is 12.6. The van der Waals surface area contributed by atoms with Gasteiger partial charge >= 0.3 is 18.3 Å². The molecule has 4 aromatic rings. The monoisotopic (exact) mass is 854 g/mol. The number of hydrogen-bond donors (Lipinski definition) is 5. The first-order valence-corrected chi connectivity index (χ1v) is 20.0. The van der Waals surface area contributed by atoms with E-state index in [1.54, 1.807) is 60.7 Å². The average Bonchev–Trinajstić information content (AvgIpc) is 3.30. The predicted octanol–water partition coefficient (Wildman–Crippen LogP) is 4.71. The second kappa shape index (κ2) is 22.6. The summed E-state index contributed by atoms with van der Waals surface area (Å²) in [5.74, 6) is 0. The number of hydrogen-bond acceptors (Lipinski definition) is 13. The SMILES string of the molecule is CN(C[C@H]1O[C@H](O[C@H]2[C@H](O)[C@@H](O)[C@H](NC(=O)OCc3ccccc3)[C@@H](O)[C@@H]2NC(=O)OCc2ccccc2)[C@H](N=[N+]=[N-])C[C@@H]1OCc1ccccc1)C(=O)OCc1ccccc1. The molecule has 0 aromatic heterocycles. The van der Waals surface area contributed by atoms with Crippen LogP contribution in [0.4, 0.5) is 14.4 Å². The van der Waals surface area contributed by atoms with Crippen molar-refractivity contribution in [3.63, 3.8) is 0 Å². The van der Waals surface area contributed by atoms with Crippen molar-refractivity contribution in [3.8, 4) is 0 Å². The summed E-state index contributed by atoms with van der Waals surface area (Å²) in [6.07, 6.45) is -13.2. The number of amides is 3. The fourth-order valence-electron chi connectivity index (χ4n) is 7.13. The summed E-state index contributed by atoms with van der Waals surface area (Å²) in [6, 6.07) is 31.7. The molecule has 1 aliphatic heterocycles. The molecule has 0 bridgehead atoms. The maximum Gasteiger partial charge on any atom is 0.409 e. The summed E-state index contributed by atoms with van der Waals surface area (Å²) < 4.78 is 35.3. The Labute approximate surface area is 357 Å². The van der Waals surface area contributed by atoms with Gasteiger partial charge in [-0.1, -0.05) is 126 Å². The van der Waals surface area contributed by atoms with E-state index in [4.69, 9.17) is 28.4 Å². The van der Waals surface area contributed by atoms with Crippen LogP contribution in [0.1, 0.15) is 28.7 Å². The Balaban J connectivity index is 1.22. The molecule has 2 aliphatic rings. The third-order valence-corrected chi connectivity index (χ3v) is 10.4. The van der Waals surface area contributed by atoms with Crippen LogP contribution in [0.15, 0.2) is 126 Å². The van der Waals surface area contributed by atoms with E-state index in [0.29, 0.717) is 11.1 Å². The van der Waals surface area contributed by atoms with Crippen molar-refractivity contribution in [1.82, 2.24) is 15.5 Å². The zero-order chi connectivity index (χ0) is 43.8. The lowest BCUT2D eigenvalue weighted by atomic mass is 9.81. The average molecular weight is 855 g/mol. The summed E-state index contributed by atoms with van der Waals surface area (Å²) in [6.45, 7) is -0.233. The molecule has 1 heterocycles. The molecule has 0 radical (unpaired) electrons. The molecule has 18 heteroatoms. The lowest BCUT2D eigenvalue weighted by Crippen LogP contribution is -2.73. The highest BCUT2D eigenvalue weighted by atomic mass is 16.7. The molecule has 4 aromatic carbocycles. The summed E-state index contributed by atoms with van der Waals surface area (Å²) in [5, 5.41) is 43.6. The van der Waals surface area contributed by atoms with Crippen molar-refractivity contribution in [3.05, 3.63) is 154 Å². The molecule has 6 rings (SSSR count). The molecular formula is C44H50N6O12. The number of aliphatic hydroxyl groups excluding tert-OH is 3. The van der Waals surface area contributed by atoms with Gasteiger partial charge in [0, 0.05) is 12.0 Å². The minimum absolute atomic E-state index is 0.00169. The number of azide groups is 1. The van der Waals surface area contributed by atoms with Crippen molar-refractivity contribution in [2.75, 3.05) is 13.6 Å². The number of rotatable bonds is 16. The largest absolute Gasteiger partial charge is 0.445 e. The van der Waals surface area contributed by atoms with Gasteiger partial charge in [-0.25, -0.2) is 14.4 Å². The molecule has 1 saturated carbocycles. The molecule has 328 valence electrons. The highest BCUT2D eigenvalue weighted by molar-refractivity contribution is 5.69. The molecule has 0 unspecified atom stereocenters. The lowest BCUT2D eigenvalue weighted by molar-refractivity contribution is -0.283. The van der Waals surface area contributed by atoms with Crippen molar-refractivity contribution < 1.29 is 58.1 Å². The minimum atomic E-state index is -1.91. The number of likely N-dealkylation sites (N-methyl/N-ethyl adjacent to an activating group) is 1. The van der Waals surface area contributed by atoms with Crippen molar-refractivity contribution in [1.29, 1.82) is 0 Å². The number of benzene rings is 4. The fraction of sp³-hybridized carbons (Fsp3) is 0.386. The van der Waals surface area contributed by atoms with Crippen molar-refractivity contribution in [2.45, 2.75) is 93.9 Å². The minimum Gasteiger partial charge on any atom is -0.445 e. The standard InChI is InChI=1S/C44H50N6O12/c1-50(44(56)60-27-31-20-12-5-13-21-31)23-34-33(57-24-28-14-6-2-7-15-28)22-32(48-49-45)41(61-34)62-40-36(47-43(55)59-26-30-18-10-4-11-19-30)37(51)35(38(52)39(40)53)46-42(54)58-25-29-16-8-3-9-17-29/h2-21,32-41,51-53H,22-27H2,1H3,(H,46,54)(H,47,55)/t32-,33+,34-,35-,36+,37-,38+,39-,40-,41-/m1/s1. The molecule has 2 fully saturated rings. The first kappa shape index (κ1) is 45.3. The molecule has 3 amide bonds. The molecule has 18 nitrogen and oxygen atoms in total. The molecule has 1 saturated heterocycles. The van der Waals surface area contributed by atoms with Gasteiger partial charge in [-0.3, -0.25) is 0 Å². The van der Waals surface area contributed by atoms with Crippen LogP contribution in [0.2, 0.25) is 0 Å². The van der Waals surface area contributed by atoms with E-state index < -0.39 is 79.3 Å². The zero-order valence-electron chi connectivity index (χ0n) is 33.9. The number of carbonyl (C=O) groups excluding carboxylic acids is 3. The maximum absolute atomic E-state index is 13.3. The van der Waals surface area contributed by atoms with Crippen LogP contribution >= 0.6 is 0 Å². The van der Waals surface area contributed by atoms with Gasteiger partial charge in [0.2, 0.25) is 0 Å². The summed E-state index contributed by atoms with van der Waals surface area (Å²) >= 11 is 0. The molecule has 5 N–H and O–H groups in total. The van der Waals surface area contributed by atoms with E-state index in [9.17, 15) is 35.2 Å². The number of nitrogens with zero attached hydrogens (tertiary/aromatic N) is 4. The van der Waals surface area contributed by atoms with Gasteiger partial charge in [0.15, 0.2) is 6.29 Å². The Hall–Kier alpha value is -6.24. The zero-order valence-corrected chi connectivity index (χ0v) is 33.9. The topological polar surface area (TPSA) is 243 Å². The van der Waals surface area contributed by atoms with E-state index >= 15 is 0 Å². The van der Waals surface area contributed by atoms with E-state index in [0.717, 1.165) is 11.1 Å². The van der Waals surface area contributed by atoms with Crippen molar-refractivity contribution >= 4 is 18.3 Å². The Morgan fingerprint density at radius 3 is 1.66 bits per heavy atom. The second-order valence-corrected chi connectivity index (χ2v) is 14.8. The van der Waals surface area contributed by atoms with E-state index in [2.05, 4.69) is 20.7 Å². The Morgan fingerprint density at radius 2 is 1.16 bits per heavy atom. The molecular weight excluding hydrogens is 805 g/mol. The van der Waals surface area contributed by atoms with E-state index in [1.165, 1.54) is 11.9 Å². The molecule has 1 aliphatic carbocycles. The van der Waals surface area contributed by atoms with Gasteiger partial charge in [-0.2, -0.15) is 0 Å². The number of ether oxygens (including phenoxy) is 6. The van der Waals surface area contributed by atoms with Crippen LogP contribution in [0.25, 0.3) is 10.4 Å². The van der Waals surface area contributed by atoms with Gasteiger partial charge < -0.3 is 59.3 Å². The van der Waals surface area contributed by atoms with Crippen LogP contribution < -0.4 is 10.6 Å². The van der Waals surface area contributed by atoms with Gasteiger partial charge in [0.05, 0.1) is 43.5 Å². The van der Waals surface area contributed by atoms with Gasteiger partial charge in [0.1, 0.15) is 44.2 Å². The predicted molar refractivity (Wildman–Crippen MR) is 220 cm³/mol. The smallest absolute Gasteiger partial charge is 0.409 e. The van der Waals surface area contributed by atoms with Crippen LogP contribution in [0.5, 0.6) is 0 Å². The highest BCUT2D eigenvalue weighted by Crippen LogP contribution is 2.32. The van der Waals surface area contributed by atoms with Crippen LogP contribution in [0.3, 0.4) is 0 Å².